The van der Waals surface area contributed by atoms with Crippen LogP contribution in [0.2, 0.25) is 5.02 Å². The SMILES string of the molecule is CCCCC[C@@H](c1cc(Cl)ccc1F)N1CCNCC1.Cl. The molecule has 1 aromatic carbocycles. The normalized spacial score (nSPS) is 17.3. The number of piperazine rings is 1. The monoisotopic (exact) mass is 334 g/mol. The van der Waals surface area contributed by atoms with Crippen LogP contribution in [0.25, 0.3) is 0 Å². The Hall–Kier alpha value is -0.350. The highest BCUT2D eigenvalue weighted by molar-refractivity contribution is 6.30. The van der Waals surface area contributed by atoms with Crippen LogP contribution in [-0.4, -0.2) is 31.1 Å². The topological polar surface area (TPSA) is 15.3 Å². The molecular formula is C16H25Cl2FN2. The lowest BCUT2D eigenvalue weighted by Gasteiger charge is -2.35. The lowest BCUT2D eigenvalue weighted by atomic mass is 9.97. The maximum Gasteiger partial charge on any atom is 0.128 e. The average Bonchev–Trinajstić information content (AvgIpc) is 2.48. The summed E-state index contributed by atoms with van der Waals surface area (Å²) in [5.41, 5.74) is 0.760. The van der Waals surface area contributed by atoms with E-state index in [1.165, 1.54) is 18.9 Å². The lowest BCUT2D eigenvalue weighted by molar-refractivity contribution is 0.159. The second-order valence-electron chi connectivity index (χ2n) is 5.46. The van der Waals surface area contributed by atoms with Crippen molar-refractivity contribution in [1.29, 1.82) is 0 Å². The first-order valence-corrected chi connectivity index (χ1v) is 8.00. The van der Waals surface area contributed by atoms with Crippen LogP contribution >= 0.6 is 24.0 Å². The van der Waals surface area contributed by atoms with Gasteiger partial charge in [0.15, 0.2) is 0 Å². The first-order chi connectivity index (χ1) is 9.72. The van der Waals surface area contributed by atoms with Crippen molar-refractivity contribution in [3.8, 4) is 0 Å². The fourth-order valence-electron chi connectivity index (χ4n) is 2.89. The van der Waals surface area contributed by atoms with Crippen LogP contribution in [0.5, 0.6) is 0 Å². The minimum Gasteiger partial charge on any atom is -0.314 e. The minimum atomic E-state index is -0.130. The Morgan fingerprint density at radius 3 is 2.67 bits per heavy atom. The number of hydrogen-bond donors (Lipinski definition) is 1. The summed E-state index contributed by atoms with van der Waals surface area (Å²) < 4.78 is 14.2. The quantitative estimate of drug-likeness (QED) is 0.774. The Labute approximate surface area is 138 Å². The van der Waals surface area contributed by atoms with E-state index in [9.17, 15) is 4.39 Å². The highest BCUT2D eigenvalue weighted by Crippen LogP contribution is 2.30. The van der Waals surface area contributed by atoms with Crippen molar-refractivity contribution in [1.82, 2.24) is 10.2 Å². The van der Waals surface area contributed by atoms with Gasteiger partial charge in [-0.05, 0) is 24.6 Å². The van der Waals surface area contributed by atoms with Crippen LogP contribution in [0.3, 0.4) is 0 Å². The molecule has 0 aliphatic carbocycles. The van der Waals surface area contributed by atoms with Crippen molar-refractivity contribution in [2.75, 3.05) is 26.2 Å². The highest BCUT2D eigenvalue weighted by atomic mass is 35.5. The van der Waals surface area contributed by atoms with Gasteiger partial charge in [0.05, 0.1) is 0 Å². The van der Waals surface area contributed by atoms with Gasteiger partial charge in [0.2, 0.25) is 0 Å². The minimum absolute atomic E-state index is 0. The van der Waals surface area contributed by atoms with E-state index in [2.05, 4.69) is 17.1 Å². The van der Waals surface area contributed by atoms with Gasteiger partial charge in [0.1, 0.15) is 5.82 Å². The summed E-state index contributed by atoms with van der Waals surface area (Å²) in [7, 11) is 0. The molecule has 1 atom stereocenters. The fourth-order valence-corrected chi connectivity index (χ4v) is 3.07. The molecule has 5 heteroatoms. The standard InChI is InChI=1S/C16H24ClFN2.ClH/c1-2-3-4-5-16(20-10-8-19-9-11-20)14-12-13(17)6-7-15(14)18;/h6-7,12,16,19H,2-5,8-11H2,1H3;1H/t16-;/m0./s1. The third kappa shape index (κ3) is 5.41. The zero-order chi connectivity index (χ0) is 14.4. The van der Waals surface area contributed by atoms with E-state index in [1.54, 1.807) is 12.1 Å². The third-order valence-corrected chi connectivity index (χ3v) is 4.23. The van der Waals surface area contributed by atoms with Crippen LogP contribution in [0, 0.1) is 5.82 Å². The molecule has 0 aromatic heterocycles. The molecule has 0 unspecified atom stereocenters. The average molecular weight is 335 g/mol. The molecular weight excluding hydrogens is 310 g/mol. The van der Waals surface area contributed by atoms with Gasteiger partial charge in [-0.25, -0.2) is 4.39 Å². The maximum atomic E-state index is 14.2. The van der Waals surface area contributed by atoms with Crippen LogP contribution in [-0.2, 0) is 0 Å². The Bertz CT molecular complexity index is 423. The number of unbranched alkanes of at least 4 members (excludes halogenated alkanes) is 2. The molecule has 0 saturated carbocycles. The Morgan fingerprint density at radius 1 is 1.29 bits per heavy atom. The largest absolute Gasteiger partial charge is 0.314 e. The van der Waals surface area contributed by atoms with E-state index in [-0.39, 0.29) is 24.3 Å². The van der Waals surface area contributed by atoms with Crippen LogP contribution in [0.4, 0.5) is 4.39 Å². The summed E-state index contributed by atoms with van der Waals surface area (Å²) in [5, 5.41) is 3.98. The van der Waals surface area contributed by atoms with Gasteiger partial charge in [-0.1, -0.05) is 37.8 Å². The Kier molecular flexibility index (Phi) is 8.57. The number of benzene rings is 1. The van der Waals surface area contributed by atoms with E-state index >= 15 is 0 Å². The summed E-state index contributed by atoms with van der Waals surface area (Å²) in [4.78, 5) is 2.39. The third-order valence-electron chi connectivity index (χ3n) is 3.99. The summed E-state index contributed by atoms with van der Waals surface area (Å²) in [6, 6.07) is 5.08. The molecule has 1 aliphatic heterocycles. The molecule has 0 radical (unpaired) electrons. The molecule has 2 nitrogen and oxygen atoms in total. The van der Waals surface area contributed by atoms with Gasteiger partial charge in [0.25, 0.3) is 0 Å². The van der Waals surface area contributed by atoms with Crippen molar-refractivity contribution < 1.29 is 4.39 Å². The first kappa shape index (κ1) is 18.7. The predicted molar refractivity (Wildman–Crippen MR) is 90.0 cm³/mol. The molecule has 1 aliphatic rings. The van der Waals surface area contributed by atoms with E-state index in [0.717, 1.165) is 44.6 Å². The molecule has 1 fully saturated rings. The summed E-state index contributed by atoms with van der Waals surface area (Å²) in [6.45, 7) is 6.10. The number of nitrogens with one attached hydrogen (secondary N) is 1. The van der Waals surface area contributed by atoms with Crippen molar-refractivity contribution in [2.45, 2.75) is 38.6 Å². The van der Waals surface area contributed by atoms with Crippen LogP contribution < -0.4 is 5.32 Å². The summed E-state index contributed by atoms with van der Waals surface area (Å²) in [6.07, 6.45) is 4.53. The molecule has 0 spiro atoms. The molecule has 1 saturated heterocycles. The molecule has 0 amide bonds. The lowest BCUT2D eigenvalue weighted by Crippen LogP contribution is -2.45. The van der Waals surface area contributed by atoms with Crippen molar-refractivity contribution in [3.63, 3.8) is 0 Å². The zero-order valence-corrected chi connectivity index (χ0v) is 14.2. The van der Waals surface area contributed by atoms with Gasteiger partial charge < -0.3 is 5.32 Å². The molecule has 1 aromatic rings. The molecule has 2 rings (SSSR count). The molecule has 0 bridgehead atoms. The van der Waals surface area contributed by atoms with Crippen LogP contribution in [0.1, 0.15) is 44.2 Å². The van der Waals surface area contributed by atoms with Gasteiger partial charge in [-0.3, -0.25) is 4.90 Å². The second-order valence-corrected chi connectivity index (χ2v) is 5.90. The first-order valence-electron chi connectivity index (χ1n) is 7.62. The van der Waals surface area contributed by atoms with E-state index in [0.29, 0.717) is 5.02 Å². The van der Waals surface area contributed by atoms with E-state index in [4.69, 9.17) is 11.6 Å². The van der Waals surface area contributed by atoms with Crippen molar-refractivity contribution in [2.24, 2.45) is 0 Å². The molecule has 1 N–H and O–H groups in total. The molecule has 120 valence electrons. The van der Waals surface area contributed by atoms with Gasteiger partial charge in [-0.2, -0.15) is 0 Å². The summed E-state index contributed by atoms with van der Waals surface area (Å²) >= 11 is 6.06. The zero-order valence-electron chi connectivity index (χ0n) is 12.6. The van der Waals surface area contributed by atoms with Gasteiger partial charge in [0, 0.05) is 42.8 Å². The predicted octanol–water partition coefficient (Wildman–Crippen LogP) is 4.43. The number of nitrogens with zero attached hydrogens (tertiary/aromatic N) is 1. The summed E-state index contributed by atoms with van der Waals surface area (Å²) in [5.74, 6) is -0.130. The fraction of sp³-hybridized carbons (Fsp3) is 0.625. The second kappa shape index (κ2) is 9.62. The van der Waals surface area contributed by atoms with Gasteiger partial charge in [-0.15, -0.1) is 12.4 Å². The Balaban J connectivity index is 0.00000220. The smallest absolute Gasteiger partial charge is 0.128 e. The number of hydrogen-bond acceptors (Lipinski definition) is 2. The molecule has 1 heterocycles. The van der Waals surface area contributed by atoms with Crippen molar-refractivity contribution in [3.05, 3.63) is 34.6 Å². The van der Waals surface area contributed by atoms with E-state index in [1.807, 2.05) is 0 Å². The van der Waals surface area contributed by atoms with E-state index < -0.39 is 0 Å². The van der Waals surface area contributed by atoms with Crippen LogP contribution in [0.15, 0.2) is 18.2 Å². The Morgan fingerprint density at radius 2 is 2.00 bits per heavy atom. The number of halogens is 3. The molecule has 21 heavy (non-hydrogen) atoms. The maximum absolute atomic E-state index is 14.2. The highest BCUT2D eigenvalue weighted by Gasteiger charge is 2.24. The number of rotatable bonds is 6. The van der Waals surface area contributed by atoms with Crippen molar-refractivity contribution >= 4 is 24.0 Å². The van der Waals surface area contributed by atoms with Gasteiger partial charge >= 0.3 is 0 Å².